The normalized spacial score (nSPS) is 11.9. The molecule has 0 aromatic carbocycles. The zero-order valence-corrected chi connectivity index (χ0v) is 9.36. The lowest BCUT2D eigenvalue weighted by molar-refractivity contribution is 0.182. The average molecular weight is 246 g/mol. The monoisotopic (exact) mass is 245 g/mol. The van der Waals surface area contributed by atoms with Gasteiger partial charge in [-0.2, -0.15) is 0 Å². The Morgan fingerprint density at radius 2 is 2.50 bits per heavy atom. The van der Waals surface area contributed by atoms with Crippen LogP contribution in [0.4, 0.5) is 10.5 Å². The molecule has 1 aromatic rings. The van der Waals surface area contributed by atoms with E-state index in [0.29, 0.717) is 10.7 Å². The number of rotatable bonds is 4. The largest absolute Gasteiger partial charge is 0.474 e. The first-order chi connectivity index (χ1) is 7.49. The Balaban J connectivity index is 2.51. The Bertz CT molecular complexity index is 386. The van der Waals surface area contributed by atoms with E-state index in [4.69, 9.17) is 27.2 Å². The van der Waals surface area contributed by atoms with Gasteiger partial charge in [-0.25, -0.2) is 9.78 Å². The van der Waals surface area contributed by atoms with E-state index in [0.717, 1.165) is 0 Å². The summed E-state index contributed by atoms with van der Waals surface area (Å²) in [5, 5.41) is 11.1. The number of aromatic nitrogens is 1. The lowest BCUT2D eigenvalue weighted by Gasteiger charge is -2.13. The van der Waals surface area contributed by atoms with Gasteiger partial charge in [-0.15, -0.1) is 0 Å². The molecule has 0 aliphatic heterocycles. The fourth-order valence-electron chi connectivity index (χ4n) is 1.02. The van der Waals surface area contributed by atoms with Gasteiger partial charge < -0.3 is 20.9 Å². The summed E-state index contributed by atoms with van der Waals surface area (Å²) in [5.74, 6) is 0.239. The van der Waals surface area contributed by atoms with Gasteiger partial charge in [-0.3, -0.25) is 0 Å². The molecule has 1 rings (SSSR count). The van der Waals surface area contributed by atoms with Crippen molar-refractivity contribution in [3.05, 3.63) is 17.3 Å². The van der Waals surface area contributed by atoms with E-state index in [2.05, 4.69) is 10.3 Å². The molecule has 88 valence electrons. The smallest absolute Gasteiger partial charge is 0.404 e. The maximum atomic E-state index is 10.3. The number of anilines is 1. The number of nitrogens with two attached hydrogens (primary N) is 1. The number of carbonyl (C=O) groups is 1. The third-order valence-electron chi connectivity index (χ3n) is 1.69. The van der Waals surface area contributed by atoms with E-state index in [-0.39, 0.29) is 18.5 Å². The van der Waals surface area contributed by atoms with E-state index < -0.39 is 6.09 Å². The molecule has 0 spiro atoms. The number of carboxylic acid groups (broad SMARTS) is 1. The first kappa shape index (κ1) is 12.4. The Kier molecular flexibility index (Phi) is 4.19. The van der Waals surface area contributed by atoms with E-state index >= 15 is 0 Å². The van der Waals surface area contributed by atoms with Crippen LogP contribution in [0.2, 0.25) is 5.02 Å². The number of amides is 1. The van der Waals surface area contributed by atoms with Crippen molar-refractivity contribution < 1.29 is 14.6 Å². The Labute approximate surface area is 97.4 Å². The molecule has 1 amide bonds. The highest BCUT2D eigenvalue weighted by Gasteiger charge is 2.08. The maximum Gasteiger partial charge on any atom is 0.404 e. The molecule has 0 aliphatic rings. The number of hydrogen-bond donors (Lipinski definition) is 3. The Morgan fingerprint density at radius 3 is 3.06 bits per heavy atom. The minimum atomic E-state index is -1.10. The molecule has 1 aromatic heterocycles. The average Bonchev–Trinajstić information content (AvgIpc) is 2.15. The van der Waals surface area contributed by atoms with Crippen LogP contribution in [0.1, 0.15) is 6.92 Å². The van der Waals surface area contributed by atoms with Crippen molar-refractivity contribution in [2.24, 2.45) is 0 Å². The topological polar surface area (TPSA) is 97.5 Å². The molecule has 16 heavy (non-hydrogen) atoms. The first-order valence-corrected chi connectivity index (χ1v) is 4.90. The van der Waals surface area contributed by atoms with Crippen molar-refractivity contribution >= 4 is 23.4 Å². The number of ether oxygens (including phenoxy) is 1. The van der Waals surface area contributed by atoms with Gasteiger partial charge in [-0.1, -0.05) is 11.6 Å². The van der Waals surface area contributed by atoms with Crippen LogP contribution < -0.4 is 15.8 Å². The van der Waals surface area contributed by atoms with Crippen LogP contribution >= 0.6 is 11.6 Å². The fraction of sp³-hybridized carbons (Fsp3) is 0.333. The van der Waals surface area contributed by atoms with E-state index in [1.807, 2.05) is 0 Å². The van der Waals surface area contributed by atoms with Crippen molar-refractivity contribution in [2.75, 3.05) is 12.3 Å². The summed E-state index contributed by atoms with van der Waals surface area (Å²) in [4.78, 5) is 14.2. The van der Waals surface area contributed by atoms with E-state index in [1.54, 1.807) is 6.92 Å². The molecular weight excluding hydrogens is 234 g/mol. The van der Waals surface area contributed by atoms with Crippen LogP contribution in [-0.2, 0) is 0 Å². The predicted molar refractivity (Wildman–Crippen MR) is 59.8 cm³/mol. The van der Waals surface area contributed by atoms with Crippen LogP contribution in [0.25, 0.3) is 0 Å². The lowest BCUT2D eigenvalue weighted by Crippen LogP contribution is -2.35. The van der Waals surface area contributed by atoms with Gasteiger partial charge >= 0.3 is 6.09 Å². The highest BCUT2D eigenvalue weighted by Crippen LogP contribution is 2.21. The van der Waals surface area contributed by atoms with Gasteiger partial charge in [0.05, 0.1) is 16.8 Å². The minimum absolute atomic E-state index is 0.144. The second-order valence-electron chi connectivity index (χ2n) is 3.21. The number of pyridine rings is 1. The second-order valence-corrected chi connectivity index (χ2v) is 3.65. The molecule has 0 fully saturated rings. The van der Waals surface area contributed by atoms with Gasteiger partial charge in [0.1, 0.15) is 6.61 Å². The Hall–Kier alpha value is -1.69. The highest BCUT2D eigenvalue weighted by atomic mass is 35.5. The van der Waals surface area contributed by atoms with Crippen molar-refractivity contribution in [3.63, 3.8) is 0 Å². The second kappa shape index (κ2) is 5.41. The highest BCUT2D eigenvalue weighted by molar-refractivity contribution is 6.30. The molecule has 0 saturated carbocycles. The summed E-state index contributed by atoms with van der Waals surface area (Å²) in [5.41, 5.74) is 5.92. The standard InChI is InChI=1S/C9H12ClN3O3/c1-5(13-9(14)15)4-16-8-7(11)2-6(10)3-12-8/h2-3,5,13H,4,11H2,1H3,(H,14,15). The summed E-state index contributed by atoms with van der Waals surface area (Å²) in [6, 6.07) is 1.16. The molecule has 1 unspecified atom stereocenters. The lowest BCUT2D eigenvalue weighted by atomic mass is 10.3. The third kappa shape index (κ3) is 3.82. The summed E-state index contributed by atoms with van der Waals surface area (Å²) in [7, 11) is 0. The molecule has 0 radical (unpaired) electrons. The Morgan fingerprint density at radius 1 is 1.81 bits per heavy atom. The first-order valence-electron chi connectivity index (χ1n) is 4.52. The van der Waals surface area contributed by atoms with Crippen molar-refractivity contribution in [3.8, 4) is 5.88 Å². The summed E-state index contributed by atoms with van der Waals surface area (Å²) in [6.07, 6.45) is 0.302. The molecule has 0 aliphatic carbocycles. The minimum Gasteiger partial charge on any atom is -0.474 e. The third-order valence-corrected chi connectivity index (χ3v) is 1.89. The predicted octanol–water partition coefficient (Wildman–Crippen LogP) is 1.35. The molecular formula is C9H12ClN3O3. The van der Waals surface area contributed by atoms with Crippen molar-refractivity contribution in [1.82, 2.24) is 10.3 Å². The summed E-state index contributed by atoms with van der Waals surface area (Å²) >= 11 is 5.66. The van der Waals surface area contributed by atoms with Gasteiger partial charge in [-0.05, 0) is 13.0 Å². The van der Waals surface area contributed by atoms with Gasteiger partial charge in [0.2, 0.25) is 5.88 Å². The quantitative estimate of drug-likeness (QED) is 0.744. The fourth-order valence-corrected chi connectivity index (χ4v) is 1.19. The van der Waals surface area contributed by atoms with E-state index in [1.165, 1.54) is 12.3 Å². The maximum absolute atomic E-state index is 10.3. The molecule has 7 heteroatoms. The molecule has 6 nitrogen and oxygen atoms in total. The zero-order chi connectivity index (χ0) is 12.1. The van der Waals surface area contributed by atoms with E-state index in [9.17, 15) is 4.79 Å². The number of hydrogen-bond acceptors (Lipinski definition) is 4. The summed E-state index contributed by atoms with van der Waals surface area (Å²) < 4.78 is 5.23. The zero-order valence-electron chi connectivity index (χ0n) is 8.61. The van der Waals surface area contributed by atoms with Gasteiger partial charge in [0.25, 0.3) is 0 Å². The number of nitrogens with zero attached hydrogens (tertiary/aromatic N) is 1. The number of halogens is 1. The van der Waals surface area contributed by atoms with Crippen LogP contribution in [0.3, 0.4) is 0 Å². The number of nitrogens with one attached hydrogen (secondary N) is 1. The van der Waals surface area contributed by atoms with Crippen molar-refractivity contribution in [1.29, 1.82) is 0 Å². The molecule has 0 bridgehead atoms. The van der Waals surface area contributed by atoms with Gasteiger partial charge in [0.15, 0.2) is 0 Å². The molecule has 1 atom stereocenters. The van der Waals surface area contributed by atoms with Crippen LogP contribution in [0.5, 0.6) is 5.88 Å². The van der Waals surface area contributed by atoms with Gasteiger partial charge in [0, 0.05) is 6.20 Å². The molecule has 1 heterocycles. The molecule has 0 saturated heterocycles. The van der Waals surface area contributed by atoms with Crippen LogP contribution in [-0.4, -0.2) is 28.8 Å². The summed E-state index contributed by atoms with van der Waals surface area (Å²) in [6.45, 7) is 1.81. The molecule has 4 N–H and O–H groups in total. The SMILES string of the molecule is CC(COc1ncc(Cl)cc1N)NC(=O)O. The van der Waals surface area contributed by atoms with Crippen LogP contribution in [0, 0.1) is 0 Å². The van der Waals surface area contributed by atoms with Crippen molar-refractivity contribution in [2.45, 2.75) is 13.0 Å². The van der Waals surface area contributed by atoms with Crippen LogP contribution in [0.15, 0.2) is 12.3 Å². The number of nitrogen functional groups attached to an aromatic ring is 1.